The Morgan fingerprint density at radius 1 is 1.56 bits per heavy atom. The van der Waals surface area contributed by atoms with Gasteiger partial charge >= 0.3 is 0 Å². The number of hydrogen-bond acceptors (Lipinski definition) is 4. The molecule has 1 rings (SSSR count). The molecule has 0 amide bonds. The molecule has 0 radical (unpaired) electrons. The van der Waals surface area contributed by atoms with Crippen molar-refractivity contribution in [3.05, 3.63) is 28.7 Å². The molecule has 0 heterocycles. The summed E-state index contributed by atoms with van der Waals surface area (Å²) in [5.41, 5.74) is 0. The first-order chi connectivity index (χ1) is 8.63. The Morgan fingerprint density at radius 3 is 3.00 bits per heavy atom. The van der Waals surface area contributed by atoms with Crippen molar-refractivity contribution in [2.24, 2.45) is 0 Å². The second-order valence-electron chi connectivity index (χ2n) is 3.82. The van der Waals surface area contributed by atoms with E-state index in [0.29, 0.717) is 19.7 Å². The van der Waals surface area contributed by atoms with Crippen LogP contribution in [0.3, 0.4) is 0 Å². The Bertz CT molecular complexity index is 389. The average molecular weight is 336 g/mol. The average Bonchev–Trinajstić information content (AvgIpc) is 2.34. The minimum atomic E-state index is -1.18. The molecule has 2 N–H and O–H groups in total. The van der Waals surface area contributed by atoms with Crippen LogP contribution < -0.4 is 5.32 Å². The Kier molecular flexibility index (Phi) is 7.69. The lowest BCUT2D eigenvalue weighted by Gasteiger charge is -2.11. The molecule has 0 aliphatic rings. The predicted octanol–water partition coefficient (Wildman–Crippen LogP) is 1.15. The minimum absolute atomic E-state index is 0.233. The third kappa shape index (κ3) is 6.06. The molecule has 0 aliphatic heterocycles. The molecule has 102 valence electrons. The van der Waals surface area contributed by atoms with E-state index in [1.165, 1.54) is 0 Å². The summed E-state index contributed by atoms with van der Waals surface area (Å²) in [5.74, 6) is 0.233. The summed E-state index contributed by atoms with van der Waals surface area (Å²) in [6, 6.07) is 7.32. The Balaban J connectivity index is 2.35. The summed E-state index contributed by atoms with van der Waals surface area (Å²) in [5, 5.41) is 12.8. The molecule has 0 saturated heterocycles. The maximum atomic E-state index is 12.0. The van der Waals surface area contributed by atoms with Crippen LogP contribution in [0.4, 0.5) is 0 Å². The first-order valence-electron chi connectivity index (χ1n) is 5.65. The maximum Gasteiger partial charge on any atom is 0.0783 e. The first-order valence-corrected chi connectivity index (χ1v) is 7.76. The molecule has 0 aliphatic carbocycles. The number of benzene rings is 1. The van der Waals surface area contributed by atoms with Crippen molar-refractivity contribution < 1.29 is 14.1 Å². The Labute approximate surface area is 118 Å². The standard InChI is InChI=1S/C12H18BrNO3S/c1-17-6-5-14-8-11(15)9-18(16)12-4-2-3-10(13)7-12/h2-4,7,11,14-15H,5-6,8-9H2,1H3. The number of halogens is 1. The third-order valence-electron chi connectivity index (χ3n) is 2.27. The molecule has 0 aromatic heterocycles. The number of ether oxygens (including phenoxy) is 1. The molecule has 0 saturated carbocycles. The summed E-state index contributed by atoms with van der Waals surface area (Å²) >= 11 is 3.33. The highest BCUT2D eigenvalue weighted by atomic mass is 79.9. The summed E-state index contributed by atoms with van der Waals surface area (Å²) in [7, 11) is 0.443. The van der Waals surface area contributed by atoms with Gasteiger partial charge in [0.05, 0.1) is 29.3 Å². The fourth-order valence-corrected chi connectivity index (χ4v) is 3.08. The van der Waals surface area contributed by atoms with Crippen molar-refractivity contribution in [3.8, 4) is 0 Å². The van der Waals surface area contributed by atoms with Crippen LogP contribution in [-0.4, -0.2) is 48.0 Å². The van der Waals surface area contributed by atoms with Crippen molar-refractivity contribution >= 4 is 26.7 Å². The number of methoxy groups -OCH3 is 1. The van der Waals surface area contributed by atoms with Gasteiger partial charge in [-0.05, 0) is 18.2 Å². The molecule has 0 spiro atoms. The normalized spacial score (nSPS) is 14.4. The van der Waals surface area contributed by atoms with Gasteiger partial charge in [-0.1, -0.05) is 22.0 Å². The van der Waals surface area contributed by atoms with Crippen LogP contribution in [-0.2, 0) is 15.5 Å². The van der Waals surface area contributed by atoms with Crippen molar-refractivity contribution in [1.29, 1.82) is 0 Å². The highest BCUT2D eigenvalue weighted by Gasteiger charge is 2.11. The van der Waals surface area contributed by atoms with Crippen LogP contribution in [0.1, 0.15) is 0 Å². The topological polar surface area (TPSA) is 58.6 Å². The Hall–Kier alpha value is -0.270. The quantitative estimate of drug-likeness (QED) is 0.700. The van der Waals surface area contributed by atoms with Gasteiger partial charge in [0.1, 0.15) is 0 Å². The smallest absolute Gasteiger partial charge is 0.0783 e. The van der Waals surface area contributed by atoms with E-state index in [1.54, 1.807) is 19.2 Å². The van der Waals surface area contributed by atoms with Gasteiger partial charge in [0.2, 0.25) is 0 Å². The number of rotatable bonds is 8. The van der Waals surface area contributed by atoms with Crippen LogP contribution >= 0.6 is 15.9 Å². The Morgan fingerprint density at radius 2 is 2.33 bits per heavy atom. The van der Waals surface area contributed by atoms with Crippen LogP contribution in [0, 0.1) is 0 Å². The van der Waals surface area contributed by atoms with E-state index in [0.717, 1.165) is 9.37 Å². The number of nitrogens with one attached hydrogen (secondary N) is 1. The molecule has 1 aromatic rings. The van der Waals surface area contributed by atoms with Crippen molar-refractivity contribution in [3.63, 3.8) is 0 Å². The molecule has 18 heavy (non-hydrogen) atoms. The highest BCUT2D eigenvalue weighted by Crippen LogP contribution is 2.15. The van der Waals surface area contributed by atoms with Gasteiger partial charge in [-0.15, -0.1) is 0 Å². The fraction of sp³-hybridized carbons (Fsp3) is 0.500. The number of aliphatic hydroxyl groups excluding tert-OH is 1. The van der Waals surface area contributed by atoms with E-state index in [9.17, 15) is 9.32 Å². The van der Waals surface area contributed by atoms with E-state index in [4.69, 9.17) is 4.74 Å². The van der Waals surface area contributed by atoms with Crippen molar-refractivity contribution in [1.82, 2.24) is 5.32 Å². The zero-order valence-electron chi connectivity index (χ0n) is 10.3. The lowest BCUT2D eigenvalue weighted by molar-refractivity contribution is 0.174. The SMILES string of the molecule is COCCNCC(O)CS(=O)c1cccc(Br)c1. The minimum Gasteiger partial charge on any atom is -0.391 e. The van der Waals surface area contributed by atoms with Gasteiger partial charge in [-0.25, -0.2) is 0 Å². The van der Waals surface area contributed by atoms with E-state index in [-0.39, 0.29) is 5.75 Å². The van der Waals surface area contributed by atoms with Gasteiger partial charge in [0.25, 0.3) is 0 Å². The highest BCUT2D eigenvalue weighted by molar-refractivity contribution is 9.10. The van der Waals surface area contributed by atoms with E-state index < -0.39 is 16.9 Å². The monoisotopic (exact) mass is 335 g/mol. The zero-order valence-corrected chi connectivity index (χ0v) is 12.7. The van der Waals surface area contributed by atoms with Gasteiger partial charge < -0.3 is 15.2 Å². The van der Waals surface area contributed by atoms with Crippen LogP contribution in [0.2, 0.25) is 0 Å². The first kappa shape index (κ1) is 15.8. The summed E-state index contributed by atoms with van der Waals surface area (Å²) in [4.78, 5) is 0.723. The largest absolute Gasteiger partial charge is 0.391 e. The third-order valence-corrected chi connectivity index (χ3v) is 4.23. The fourth-order valence-electron chi connectivity index (χ4n) is 1.38. The molecular formula is C12H18BrNO3S. The van der Waals surface area contributed by atoms with Gasteiger partial charge in [-0.3, -0.25) is 4.21 Å². The van der Waals surface area contributed by atoms with Crippen molar-refractivity contribution in [2.45, 2.75) is 11.0 Å². The van der Waals surface area contributed by atoms with Crippen molar-refractivity contribution in [2.75, 3.05) is 32.6 Å². The second-order valence-corrected chi connectivity index (χ2v) is 6.23. The van der Waals surface area contributed by atoms with Crippen LogP contribution in [0.25, 0.3) is 0 Å². The molecule has 0 fully saturated rings. The zero-order chi connectivity index (χ0) is 13.4. The second kappa shape index (κ2) is 8.77. The number of aliphatic hydroxyl groups is 1. The maximum absolute atomic E-state index is 12.0. The molecule has 1 aromatic carbocycles. The van der Waals surface area contributed by atoms with Gasteiger partial charge in [0, 0.05) is 29.6 Å². The molecule has 0 bridgehead atoms. The molecule has 2 atom stereocenters. The van der Waals surface area contributed by atoms with Crippen LogP contribution in [0.5, 0.6) is 0 Å². The molecule has 2 unspecified atom stereocenters. The van der Waals surface area contributed by atoms with Crippen LogP contribution in [0.15, 0.2) is 33.6 Å². The molecular weight excluding hydrogens is 318 g/mol. The van der Waals surface area contributed by atoms with Gasteiger partial charge in [-0.2, -0.15) is 0 Å². The lowest BCUT2D eigenvalue weighted by atomic mass is 10.4. The van der Waals surface area contributed by atoms with E-state index in [2.05, 4.69) is 21.2 Å². The summed E-state index contributed by atoms with van der Waals surface area (Å²) < 4.78 is 17.7. The number of hydrogen-bond donors (Lipinski definition) is 2. The summed E-state index contributed by atoms with van der Waals surface area (Å²) in [6.45, 7) is 1.70. The van der Waals surface area contributed by atoms with Gasteiger partial charge in [0.15, 0.2) is 0 Å². The lowest BCUT2D eigenvalue weighted by Crippen LogP contribution is -2.32. The molecule has 6 heteroatoms. The van der Waals surface area contributed by atoms with E-state index >= 15 is 0 Å². The molecule has 4 nitrogen and oxygen atoms in total. The van der Waals surface area contributed by atoms with E-state index in [1.807, 2.05) is 12.1 Å². The predicted molar refractivity (Wildman–Crippen MR) is 76.2 cm³/mol. The summed E-state index contributed by atoms with van der Waals surface area (Å²) in [6.07, 6.45) is -0.623.